The first-order valence-corrected chi connectivity index (χ1v) is 11.3. The summed E-state index contributed by atoms with van der Waals surface area (Å²) in [6.07, 6.45) is -1.04. The highest BCUT2D eigenvalue weighted by molar-refractivity contribution is 7.12. The second kappa shape index (κ2) is 9.62. The number of thiophene rings is 1. The van der Waals surface area contributed by atoms with Crippen LogP contribution in [0.4, 0.5) is 13.2 Å². The lowest BCUT2D eigenvalue weighted by molar-refractivity contribution is -0.137. The van der Waals surface area contributed by atoms with Crippen molar-refractivity contribution in [3.05, 3.63) is 98.9 Å². The molecule has 1 unspecified atom stereocenters. The van der Waals surface area contributed by atoms with E-state index >= 15 is 0 Å². The average molecular weight is 471 g/mol. The van der Waals surface area contributed by atoms with Crippen LogP contribution in [0.25, 0.3) is 6.08 Å². The van der Waals surface area contributed by atoms with Crippen LogP contribution in [0, 0.1) is 0 Å². The number of alkyl halides is 3. The van der Waals surface area contributed by atoms with Gasteiger partial charge in [-0.3, -0.25) is 9.59 Å². The summed E-state index contributed by atoms with van der Waals surface area (Å²) >= 11 is 1.17. The van der Waals surface area contributed by atoms with E-state index in [4.69, 9.17) is 0 Å². The molecule has 2 N–H and O–H groups in total. The Bertz CT molecular complexity index is 1190. The molecular weight excluding hydrogens is 449 g/mol. The number of carbonyl (C=O) groups is 2. The summed E-state index contributed by atoms with van der Waals surface area (Å²) in [5.74, 6) is -1.20. The fourth-order valence-electron chi connectivity index (χ4n) is 3.93. The highest BCUT2D eigenvalue weighted by Gasteiger charge is 2.33. The van der Waals surface area contributed by atoms with E-state index in [0.717, 1.165) is 36.1 Å². The van der Waals surface area contributed by atoms with Gasteiger partial charge in [0.15, 0.2) is 0 Å². The lowest BCUT2D eigenvalue weighted by atomic mass is 9.87. The predicted molar refractivity (Wildman–Crippen MR) is 121 cm³/mol. The first-order valence-electron chi connectivity index (χ1n) is 10.4. The molecular formula is C25H21F3N2O2S. The topological polar surface area (TPSA) is 58.2 Å². The van der Waals surface area contributed by atoms with Crippen molar-refractivity contribution in [2.45, 2.75) is 31.5 Å². The third kappa shape index (κ3) is 5.34. The van der Waals surface area contributed by atoms with Crippen molar-refractivity contribution in [1.29, 1.82) is 0 Å². The van der Waals surface area contributed by atoms with Crippen molar-refractivity contribution in [2.24, 2.45) is 0 Å². The highest BCUT2D eigenvalue weighted by Crippen LogP contribution is 2.33. The van der Waals surface area contributed by atoms with Gasteiger partial charge in [-0.15, -0.1) is 11.3 Å². The third-order valence-corrected chi connectivity index (χ3v) is 6.35. The molecule has 2 amide bonds. The van der Waals surface area contributed by atoms with Gasteiger partial charge in [-0.1, -0.05) is 48.5 Å². The minimum Gasteiger partial charge on any atom is -0.344 e. The molecule has 1 aliphatic rings. The maximum atomic E-state index is 13.5. The van der Waals surface area contributed by atoms with Gasteiger partial charge in [-0.05, 0) is 59.5 Å². The number of nitrogens with one attached hydrogen (secondary N) is 2. The average Bonchev–Trinajstić information content (AvgIpc) is 3.34. The number of fused-ring (bicyclic) bond motifs is 1. The van der Waals surface area contributed by atoms with E-state index in [0.29, 0.717) is 11.3 Å². The summed E-state index contributed by atoms with van der Waals surface area (Å²) < 4.78 is 40.5. The molecule has 8 heteroatoms. The molecule has 1 aliphatic carbocycles. The third-order valence-electron chi connectivity index (χ3n) is 5.48. The number of amides is 2. The number of hydrogen-bond donors (Lipinski definition) is 2. The Balaban J connectivity index is 1.67. The van der Waals surface area contributed by atoms with Crippen molar-refractivity contribution >= 4 is 29.2 Å². The van der Waals surface area contributed by atoms with E-state index in [2.05, 4.69) is 10.6 Å². The number of rotatable bonds is 5. The summed E-state index contributed by atoms with van der Waals surface area (Å²) in [4.78, 5) is 26.2. The Hall–Kier alpha value is -3.39. The molecule has 3 aromatic rings. The van der Waals surface area contributed by atoms with Crippen LogP contribution in [-0.4, -0.2) is 11.8 Å². The highest BCUT2D eigenvalue weighted by atomic mass is 32.1. The van der Waals surface area contributed by atoms with Gasteiger partial charge in [0.05, 0.1) is 16.5 Å². The Morgan fingerprint density at radius 2 is 1.76 bits per heavy atom. The summed E-state index contributed by atoms with van der Waals surface area (Å²) in [6, 6.07) is 15.7. The van der Waals surface area contributed by atoms with Crippen molar-refractivity contribution in [2.75, 3.05) is 0 Å². The largest absolute Gasteiger partial charge is 0.416 e. The van der Waals surface area contributed by atoms with Gasteiger partial charge in [0.2, 0.25) is 0 Å². The number of aryl methyl sites for hydroxylation is 1. The SMILES string of the molecule is O=C(NC1CCCc2ccccc21)/C(=C/c1ccccc1C(F)(F)F)NC(=O)c1cccs1. The van der Waals surface area contributed by atoms with Gasteiger partial charge in [0, 0.05) is 0 Å². The smallest absolute Gasteiger partial charge is 0.344 e. The molecule has 0 spiro atoms. The molecule has 0 saturated carbocycles. The molecule has 1 heterocycles. The standard InChI is InChI=1S/C25H21F3N2O2S/c26-25(27,28)19-11-4-2-8-17(19)15-21(30-24(32)22-13-6-14-33-22)23(31)29-20-12-5-9-16-7-1-3-10-18(16)20/h1-4,6-8,10-11,13-15,20H,5,9,12H2,(H,29,31)(H,30,32)/b21-15-. The summed E-state index contributed by atoms with van der Waals surface area (Å²) in [5, 5.41) is 7.12. The summed E-state index contributed by atoms with van der Waals surface area (Å²) in [6.45, 7) is 0. The Kier molecular flexibility index (Phi) is 6.65. The van der Waals surface area contributed by atoms with E-state index in [-0.39, 0.29) is 17.3 Å². The fraction of sp³-hybridized carbons (Fsp3) is 0.200. The van der Waals surface area contributed by atoms with Crippen molar-refractivity contribution in [1.82, 2.24) is 10.6 Å². The van der Waals surface area contributed by atoms with Crippen LogP contribution in [-0.2, 0) is 17.4 Å². The van der Waals surface area contributed by atoms with E-state index < -0.39 is 23.6 Å². The molecule has 0 saturated heterocycles. The normalized spacial score (nSPS) is 16.1. The molecule has 33 heavy (non-hydrogen) atoms. The van der Waals surface area contributed by atoms with Gasteiger partial charge >= 0.3 is 6.18 Å². The molecule has 0 fully saturated rings. The molecule has 4 rings (SSSR count). The maximum absolute atomic E-state index is 13.5. The zero-order valence-electron chi connectivity index (χ0n) is 17.5. The Labute approximate surface area is 193 Å². The number of hydrogen-bond acceptors (Lipinski definition) is 3. The second-order valence-corrected chi connectivity index (χ2v) is 8.64. The van der Waals surface area contributed by atoms with Crippen molar-refractivity contribution in [3.8, 4) is 0 Å². The first kappa shape index (κ1) is 22.8. The van der Waals surface area contributed by atoms with Gasteiger partial charge < -0.3 is 10.6 Å². The van der Waals surface area contributed by atoms with Crippen molar-refractivity contribution in [3.63, 3.8) is 0 Å². The van der Waals surface area contributed by atoms with E-state index in [1.54, 1.807) is 17.5 Å². The van der Waals surface area contributed by atoms with Gasteiger partial charge in [0.1, 0.15) is 5.70 Å². The van der Waals surface area contributed by atoms with Gasteiger partial charge in [-0.2, -0.15) is 13.2 Å². The quantitative estimate of drug-likeness (QED) is 0.468. The first-order chi connectivity index (χ1) is 15.8. The van der Waals surface area contributed by atoms with Crippen molar-refractivity contribution < 1.29 is 22.8 Å². The maximum Gasteiger partial charge on any atom is 0.416 e. The van der Waals surface area contributed by atoms with E-state index in [1.807, 2.05) is 24.3 Å². The molecule has 170 valence electrons. The van der Waals surface area contributed by atoms with Crippen LogP contribution in [0.15, 0.2) is 71.7 Å². The fourth-order valence-corrected chi connectivity index (χ4v) is 4.55. The Morgan fingerprint density at radius 1 is 1.00 bits per heavy atom. The zero-order chi connectivity index (χ0) is 23.4. The van der Waals surface area contributed by atoms with Crippen LogP contribution in [0.5, 0.6) is 0 Å². The van der Waals surface area contributed by atoms with E-state index in [1.165, 1.54) is 29.5 Å². The molecule has 2 aromatic carbocycles. The monoisotopic (exact) mass is 470 g/mol. The van der Waals surface area contributed by atoms with Crippen LogP contribution >= 0.6 is 11.3 Å². The molecule has 1 atom stereocenters. The lowest BCUT2D eigenvalue weighted by Gasteiger charge is -2.27. The molecule has 4 nitrogen and oxygen atoms in total. The number of halogens is 3. The zero-order valence-corrected chi connectivity index (χ0v) is 18.3. The predicted octanol–water partition coefficient (Wildman–Crippen LogP) is 5.73. The van der Waals surface area contributed by atoms with Crippen LogP contribution < -0.4 is 10.6 Å². The summed E-state index contributed by atoms with van der Waals surface area (Å²) in [5.41, 5.74) is 0.781. The van der Waals surface area contributed by atoms with Crippen LogP contribution in [0.3, 0.4) is 0 Å². The molecule has 1 aromatic heterocycles. The molecule has 0 aliphatic heterocycles. The second-order valence-electron chi connectivity index (χ2n) is 7.69. The molecule has 0 radical (unpaired) electrons. The summed E-state index contributed by atoms with van der Waals surface area (Å²) in [7, 11) is 0. The van der Waals surface area contributed by atoms with Crippen LogP contribution in [0.2, 0.25) is 0 Å². The molecule has 0 bridgehead atoms. The van der Waals surface area contributed by atoms with E-state index in [9.17, 15) is 22.8 Å². The number of benzene rings is 2. The Morgan fingerprint density at radius 3 is 2.52 bits per heavy atom. The van der Waals surface area contributed by atoms with Gasteiger partial charge in [0.25, 0.3) is 11.8 Å². The minimum atomic E-state index is -4.60. The minimum absolute atomic E-state index is 0.203. The number of carbonyl (C=O) groups excluding carboxylic acids is 2. The van der Waals surface area contributed by atoms with Crippen LogP contribution in [0.1, 0.15) is 50.8 Å². The lowest BCUT2D eigenvalue weighted by Crippen LogP contribution is -2.37. The van der Waals surface area contributed by atoms with Gasteiger partial charge in [-0.25, -0.2) is 0 Å².